The fourth-order valence-corrected chi connectivity index (χ4v) is 1.77. The highest BCUT2D eigenvalue weighted by Crippen LogP contribution is 2.11. The Hall–Kier alpha value is -2.62. The second-order valence-electron chi connectivity index (χ2n) is 4.64. The summed E-state index contributed by atoms with van der Waals surface area (Å²) in [4.78, 5) is 11.6. The minimum absolute atomic E-state index is 0.0495. The van der Waals surface area contributed by atoms with Gasteiger partial charge in [-0.2, -0.15) is 5.10 Å². The van der Waals surface area contributed by atoms with Crippen molar-refractivity contribution in [3.63, 3.8) is 0 Å². The van der Waals surface area contributed by atoms with Crippen molar-refractivity contribution in [2.75, 3.05) is 6.61 Å². The van der Waals surface area contributed by atoms with Crippen molar-refractivity contribution in [3.8, 4) is 5.75 Å². The molecule has 0 bridgehead atoms. The van der Waals surface area contributed by atoms with Gasteiger partial charge >= 0.3 is 0 Å². The normalized spacial score (nSPS) is 10.5. The number of carbonyl (C=O) groups excluding carboxylic acids is 1. The first-order valence-corrected chi connectivity index (χ1v) is 6.78. The van der Waals surface area contributed by atoms with Crippen molar-refractivity contribution in [2.45, 2.75) is 13.3 Å². The van der Waals surface area contributed by atoms with Crippen LogP contribution in [0.15, 0.2) is 59.7 Å². The van der Waals surface area contributed by atoms with E-state index < -0.39 is 0 Å². The monoisotopic (exact) mass is 282 g/mol. The van der Waals surface area contributed by atoms with E-state index in [0.29, 0.717) is 12.2 Å². The zero-order chi connectivity index (χ0) is 14.9. The van der Waals surface area contributed by atoms with Gasteiger partial charge in [-0.1, -0.05) is 42.5 Å². The number of hydrazone groups is 1. The quantitative estimate of drug-likeness (QED) is 0.654. The molecular formula is C17H18N2O2. The first-order chi connectivity index (χ1) is 10.2. The second-order valence-corrected chi connectivity index (χ2v) is 4.64. The van der Waals surface area contributed by atoms with E-state index in [0.717, 1.165) is 11.1 Å². The lowest BCUT2D eigenvalue weighted by Crippen LogP contribution is -2.24. The number of rotatable bonds is 6. The predicted molar refractivity (Wildman–Crippen MR) is 83.5 cm³/mol. The van der Waals surface area contributed by atoms with Crippen LogP contribution in [-0.2, 0) is 11.2 Å². The Morgan fingerprint density at radius 2 is 2.00 bits per heavy atom. The van der Waals surface area contributed by atoms with Crippen LogP contribution >= 0.6 is 0 Å². The average molecular weight is 282 g/mol. The SMILES string of the molecule is Cc1cccc(OCC(=O)N/N=C/Cc2ccccc2)c1. The van der Waals surface area contributed by atoms with Gasteiger partial charge in [0.05, 0.1) is 0 Å². The van der Waals surface area contributed by atoms with E-state index in [1.165, 1.54) is 0 Å². The number of nitrogens with zero attached hydrogens (tertiary/aromatic N) is 1. The summed E-state index contributed by atoms with van der Waals surface area (Å²) in [7, 11) is 0. The van der Waals surface area contributed by atoms with Gasteiger partial charge in [-0.25, -0.2) is 5.43 Å². The molecule has 4 heteroatoms. The third kappa shape index (κ3) is 5.48. The van der Waals surface area contributed by atoms with Crippen LogP contribution in [0.1, 0.15) is 11.1 Å². The molecule has 0 fully saturated rings. The lowest BCUT2D eigenvalue weighted by molar-refractivity contribution is -0.123. The number of nitrogens with one attached hydrogen (secondary N) is 1. The minimum atomic E-state index is -0.277. The molecule has 0 unspecified atom stereocenters. The largest absolute Gasteiger partial charge is 0.484 e. The first-order valence-electron chi connectivity index (χ1n) is 6.78. The van der Waals surface area contributed by atoms with Crippen molar-refractivity contribution in [1.29, 1.82) is 0 Å². The predicted octanol–water partition coefficient (Wildman–Crippen LogP) is 2.72. The zero-order valence-corrected chi connectivity index (χ0v) is 12.0. The molecule has 1 amide bonds. The standard InChI is InChI=1S/C17H18N2O2/c1-14-6-5-9-16(12-14)21-13-17(20)19-18-11-10-15-7-3-2-4-8-15/h2-9,11-12H,10,13H2,1H3,(H,19,20)/b18-11+. The Bertz CT molecular complexity index is 609. The Morgan fingerprint density at radius 1 is 1.19 bits per heavy atom. The molecule has 0 radical (unpaired) electrons. The molecule has 0 heterocycles. The molecule has 0 spiro atoms. The molecule has 0 aliphatic carbocycles. The van der Waals surface area contributed by atoms with Crippen molar-refractivity contribution in [1.82, 2.24) is 5.43 Å². The molecule has 21 heavy (non-hydrogen) atoms. The van der Waals surface area contributed by atoms with Crippen molar-refractivity contribution in [2.24, 2.45) is 5.10 Å². The van der Waals surface area contributed by atoms with Crippen LogP contribution in [0.25, 0.3) is 0 Å². The van der Waals surface area contributed by atoms with E-state index in [-0.39, 0.29) is 12.5 Å². The average Bonchev–Trinajstić information content (AvgIpc) is 2.51. The fraction of sp³-hybridized carbons (Fsp3) is 0.176. The molecule has 0 saturated heterocycles. The van der Waals surface area contributed by atoms with Crippen LogP contribution in [-0.4, -0.2) is 18.7 Å². The van der Waals surface area contributed by atoms with Gasteiger partial charge in [-0.15, -0.1) is 0 Å². The van der Waals surface area contributed by atoms with E-state index in [2.05, 4.69) is 10.5 Å². The highest BCUT2D eigenvalue weighted by atomic mass is 16.5. The number of amides is 1. The van der Waals surface area contributed by atoms with Gasteiger partial charge in [0.15, 0.2) is 6.61 Å². The summed E-state index contributed by atoms with van der Waals surface area (Å²) in [6.45, 7) is 1.92. The van der Waals surface area contributed by atoms with Gasteiger partial charge in [-0.05, 0) is 30.2 Å². The summed E-state index contributed by atoms with van der Waals surface area (Å²) in [5.74, 6) is 0.402. The summed E-state index contributed by atoms with van der Waals surface area (Å²) < 4.78 is 5.38. The molecule has 0 saturated carbocycles. The van der Waals surface area contributed by atoms with Crippen LogP contribution < -0.4 is 10.2 Å². The Kier molecular flexibility index (Phi) is 5.52. The maximum absolute atomic E-state index is 11.6. The number of ether oxygens (including phenoxy) is 1. The van der Waals surface area contributed by atoms with E-state index in [4.69, 9.17) is 4.74 Å². The summed E-state index contributed by atoms with van der Waals surface area (Å²) in [6.07, 6.45) is 2.35. The molecule has 108 valence electrons. The van der Waals surface area contributed by atoms with Crippen molar-refractivity contribution < 1.29 is 9.53 Å². The number of benzene rings is 2. The third-order valence-electron chi connectivity index (χ3n) is 2.81. The van der Waals surface area contributed by atoms with Crippen LogP contribution in [0.2, 0.25) is 0 Å². The second kappa shape index (κ2) is 7.85. The van der Waals surface area contributed by atoms with E-state index >= 15 is 0 Å². The molecule has 0 atom stereocenters. The fourth-order valence-electron chi connectivity index (χ4n) is 1.77. The maximum Gasteiger partial charge on any atom is 0.277 e. The number of hydrogen-bond donors (Lipinski definition) is 1. The van der Waals surface area contributed by atoms with Crippen LogP contribution in [0.4, 0.5) is 0 Å². The van der Waals surface area contributed by atoms with E-state index in [1.807, 2.05) is 61.5 Å². The van der Waals surface area contributed by atoms with Gasteiger partial charge in [0.2, 0.25) is 0 Å². The lowest BCUT2D eigenvalue weighted by atomic mass is 10.2. The molecule has 1 N–H and O–H groups in total. The smallest absolute Gasteiger partial charge is 0.277 e. The highest BCUT2D eigenvalue weighted by Gasteiger charge is 2.01. The molecule has 0 aliphatic rings. The van der Waals surface area contributed by atoms with Crippen LogP contribution in [0.5, 0.6) is 5.75 Å². The molecular weight excluding hydrogens is 264 g/mol. The minimum Gasteiger partial charge on any atom is -0.484 e. The van der Waals surface area contributed by atoms with E-state index in [9.17, 15) is 4.79 Å². The molecule has 0 aliphatic heterocycles. The van der Waals surface area contributed by atoms with Gasteiger partial charge in [0, 0.05) is 12.6 Å². The third-order valence-corrected chi connectivity index (χ3v) is 2.81. The Labute approximate surface area is 124 Å². The number of carbonyl (C=O) groups is 1. The maximum atomic E-state index is 11.6. The first kappa shape index (κ1) is 14.8. The molecule has 0 aromatic heterocycles. The number of hydrogen-bond acceptors (Lipinski definition) is 3. The van der Waals surface area contributed by atoms with Gasteiger partial charge in [0.1, 0.15) is 5.75 Å². The Morgan fingerprint density at radius 3 is 2.76 bits per heavy atom. The molecule has 2 aromatic rings. The zero-order valence-electron chi connectivity index (χ0n) is 12.0. The highest BCUT2D eigenvalue weighted by molar-refractivity contribution is 5.78. The topological polar surface area (TPSA) is 50.7 Å². The van der Waals surface area contributed by atoms with Gasteiger partial charge in [0.25, 0.3) is 5.91 Å². The van der Waals surface area contributed by atoms with E-state index in [1.54, 1.807) is 6.21 Å². The van der Waals surface area contributed by atoms with Crippen molar-refractivity contribution in [3.05, 3.63) is 65.7 Å². The van der Waals surface area contributed by atoms with Crippen LogP contribution in [0, 0.1) is 6.92 Å². The summed E-state index contributed by atoms with van der Waals surface area (Å²) >= 11 is 0. The molecule has 4 nitrogen and oxygen atoms in total. The van der Waals surface area contributed by atoms with Gasteiger partial charge < -0.3 is 4.74 Å². The summed E-state index contributed by atoms with van der Waals surface area (Å²) in [6, 6.07) is 17.5. The van der Waals surface area contributed by atoms with Crippen molar-refractivity contribution >= 4 is 12.1 Å². The summed E-state index contributed by atoms with van der Waals surface area (Å²) in [5.41, 5.74) is 4.68. The molecule has 2 rings (SSSR count). The Balaban J connectivity index is 1.70. The van der Waals surface area contributed by atoms with Gasteiger partial charge in [-0.3, -0.25) is 4.79 Å². The summed E-state index contributed by atoms with van der Waals surface area (Å²) in [5, 5.41) is 3.89. The van der Waals surface area contributed by atoms with Crippen LogP contribution in [0.3, 0.4) is 0 Å². The lowest BCUT2D eigenvalue weighted by Gasteiger charge is -2.05. The number of aryl methyl sites for hydroxylation is 1. The molecule has 2 aromatic carbocycles.